The first-order valence-electron chi connectivity index (χ1n) is 17.7. The molecule has 278 valence electrons. The summed E-state index contributed by atoms with van der Waals surface area (Å²) in [7, 11) is -0.0746. The van der Waals surface area contributed by atoms with Crippen molar-refractivity contribution in [3.63, 3.8) is 0 Å². The van der Waals surface area contributed by atoms with Crippen molar-refractivity contribution < 1.29 is 36.4 Å². The molecule has 1 atom stereocenters. The molecule has 4 aromatic carbocycles. The molecule has 1 aliphatic carbocycles. The highest BCUT2D eigenvalue weighted by atomic mass is 32.2. The summed E-state index contributed by atoms with van der Waals surface area (Å²) in [6, 6.07) is 15.5. The average Bonchev–Trinajstić information content (AvgIpc) is 3.21. The van der Waals surface area contributed by atoms with Crippen molar-refractivity contribution in [1.82, 2.24) is 4.90 Å². The third kappa shape index (κ3) is 6.45. The number of imide groups is 1. The lowest BCUT2D eigenvalue weighted by atomic mass is 9.89. The van der Waals surface area contributed by atoms with E-state index >= 15 is 0 Å². The van der Waals surface area contributed by atoms with Crippen LogP contribution in [0.2, 0.25) is 0 Å². The molecule has 0 N–H and O–H groups in total. The predicted octanol–water partition coefficient (Wildman–Crippen LogP) is 8.16. The summed E-state index contributed by atoms with van der Waals surface area (Å²) in [5.41, 5.74) is 4.09. The fourth-order valence-electron chi connectivity index (χ4n) is 7.44. The third-order valence-corrected chi connectivity index (χ3v) is 11.5. The van der Waals surface area contributed by atoms with Crippen molar-refractivity contribution in [2.24, 2.45) is 0 Å². The molecule has 0 saturated heterocycles. The van der Waals surface area contributed by atoms with Crippen molar-refractivity contribution >= 4 is 21.9 Å². The fourth-order valence-corrected chi connectivity index (χ4v) is 9.07. The van der Waals surface area contributed by atoms with Gasteiger partial charge in [0.05, 0.1) is 38.5 Å². The van der Waals surface area contributed by atoms with Gasteiger partial charge in [-0.2, -0.15) is 8.42 Å². The Balaban J connectivity index is 1.59. The van der Waals surface area contributed by atoms with Gasteiger partial charge < -0.3 is 18.4 Å². The minimum atomic E-state index is -4.55. The Bertz CT molecular complexity index is 2250. The molecule has 6 rings (SSSR count). The summed E-state index contributed by atoms with van der Waals surface area (Å²) in [5, 5.41) is 0. The quantitative estimate of drug-likeness (QED) is 0.117. The van der Waals surface area contributed by atoms with Gasteiger partial charge in [0, 0.05) is 5.56 Å². The minimum Gasteiger partial charge on any atom is -0.493 e. The molecular weight excluding hydrogens is 695 g/mol. The molecule has 1 unspecified atom stereocenters. The zero-order chi connectivity index (χ0) is 38.5. The molecule has 2 aliphatic rings. The summed E-state index contributed by atoms with van der Waals surface area (Å²) < 4.78 is 51.9. The number of fused-ring (bicyclic) bond motifs is 4. The van der Waals surface area contributed by atoms with E-state index in [0.29, 0.717) is 51.5 Å². The lowest BCUT2D eigenvalue weighted by Crippen LogP contribution is -2.34. The first kappa shape index (κ1) is 37.6. The van der Waals surface area contributed by atoms with Gasteiger partial charge in [0.2, 0.25) is 11.2 Å². The van der Waals surface area contributed by atoms with Gasteiger partial charge in [0.15, 0.2) is 17.2 Å². The molecule has 4 aromatic rings. The summed E-state index contributed by atoms with van der Waals surface area (Å²) in [6.45, 7) is 11.8. The normalized spacial score (nSPS) is 15.3. The van der Waals surface area contributed by atoms with Gasteiger partial charge in [-0.05, 0) is 100 Å². The van der Waals surface area contributed by atoms with Gasteiger partial charge >= 0.3 is 10.1 Å². The van der Waals surface area contributed by atoms with Crippen molar-refractivity contribution in [2.45, 2.75) is 83.1 Å². The maximum atomic E-state index is 14.4. The predicted molar refractivity (Wildman–Crippen MR) is 202 cm³/mol. The van der Waals surface area contributed by atoms with Gasteiger partial charge in [-0.3, -0.25) is 19.3 Å². The smallest absolute Gasteiger partial charge is 0.339 e. The van der Waals surface area contributed by atoms with Crippen LogP contribution in [0.3, 0.4) is 0 Å². The second kappa shape index (κ2) is 14.3. The number of nitrogens with zero attached hydrogens (tertiary/aromatic N) is 1. The zero-order valence-corrected chi connectivity index (χ0v) is 32.3. The number of carbonyl (C=O) groups excluding carboxylic acids is 2. The number of hydrogen-bond donors (Lipinski definition) is 0. The molecule has 1 heterocycles. The van der Waals surface area contributed by atoms with Gasteiger partial charge in [-0.25, -0.2) is 0 Å². The number of benzene rings is 3. The molecular formula is C42H45NO9S. The first-order valence-corrected chi connectivity index (χ1v) is 19.1. The monoisotopic (exact) mass is 739 g/mol. The molecule has 10 nitrogen and oxygen atoms in total. The van der Waals surface area contributed by atoms with E-state index in [-0.39, 0.29) is 40.2 Å². The molecule has 11 heteroatoms. The van der Waals surface area contributed by atoms with Crippen molar-refractivity contribution in [2.75, 3.05) is 21.3 Å². The van der Waals surface area contributed by atoms with Crippen LogP contribution in [0.15, 0.2) is 70.4 Å². The van der Waals surface area contributed by atoms with Crippen molar-refractivity contribution in [3.05, 3.63) is 110 Å². The van der Waals surface area contributed by atoms with Crippen molar-refractivity contribution in [1.29, 1.82) is 0 Å². The number of aryl methyl sites for hydroxylation is 1. The highest BCUT2D eigenvalue weighted by Gasteiger charge is 2.43. The van der Waals surface area contributed by atoms with E-state index in [0.717, 1.165) is 11.1 Å². The van der Waals surface area contributed by atoms with Crippen LogP contribution in [0, 0.1) is 0 Å². The second-order valence-corrected chi connectivity index (χ2v) is 15.8. The lowest BCUT2D eigenvalue weighted by molar-refractivity contribution is 0.0575. The number of carbonyl (C=O) groups is 2. The van der Waals surface area contributed by atoms with Crippen LogP contribution in [0.5, 0.6) is 23.0 Å². The largest absolute Gasteiger partial charge is 0.493 e. The number of hydrogen-bond acceptors (Lipinski definition) is 9. The van der Waals surface area contributed by atoms with Gasteiger partial charge in [-0.1, -0.05) is 65.8 Å². The molecule has 0 fully saturated rings. The Morgan fingerprint density at radius 1 is 0.679 bits per heavy atom. The number of ether oxygens (including phenoxy) is 3. The molecule has 2 amide bonds. The average molecular weight is 740 g/mol. The van der Waals surface area contributed by atoms with E-state index in [1.54, 1.807) is 36.4 Å². The summed E-state index contributed by atoms with van der Waals surface area (Å²) in [6.07, 6.45) is 0.622. The van der Waals surface area contributed by atoms with E-state index in [2.05, 4.69) is 13.8 Å². The SMILES string of the molecule is COc1cc2c(c(OC)c1OC)-c1ccc(OS(=O)(=O)c3c(C(C)C)cc(C(C)C)cc3C(C)C)c(=O)cc1C(N1C(=O)c3ccccc3C1=O)CC2. The Morgan fingerprint density at radius 3 is 1.77 bits per heavy atom. The van der Waals surface area contributed by atoms with E-state index < -0.39 is 39.2 Å². The molecule has 0 aromatic heterocycles. The highest BCUT2D eigenvalue weighted by molar-refractivity contribution is 7.87. The lowest BCUT2D eigenvalue weighted by Gasteiger charge is -2.26. The van der Waals surface area contributed by atoms with Crippen LogP contribution >= 0.6 is 0 Å². The van der Waals surface area contributed by atoms with E-state index in [1.165, 1.54) is 38.4 Å². The fraction of sp³-hybridized carbons (Fsp3) is 0.357. The van der Waals surface area contributed by atoms with E-state index in [1.807, 2.05) is 39.8 Å². The minimum absolute atomic E-state index is 0.0483. The second-order valence-electron chi connectivity index (χ2n) is 14.4. The first-order chi connectivity index (χ1) is 25.1. The third-order valence-electron chi connectivity index (χ3n) is 10.1. The standard InChI is InChI=1S/C42H45NO9S/c1-22(2)26-18-30(23(3)4)40(31(19-26)24(5)6)53(47,48)52-35-17-15-27-32(21-34(35)44)33(43-41(45)28-12-10-11-13-29(28)42(43)46)16-14-25-20-36(49-7)38(50-8)39(51-9)37(25)27/h10-13,15,17-24,33H,14,16H2,1-9H3. The van der Waals surface area contributed by atoms with E-state index in [4.69, 9.17) is 18.4 Å². The van der Waals surface area contributed by atoms with Crippen LogP contribution in [0.25, 0.3) is 11.1 Å². The Labute approximate surface area is 310 Å². The van der Waals surface area contributed by atoms with Gasteiger partial charge in [0.1, 0.15) is 4.90 Å². The van der Waals surface area contributed by atoms with Crippen LogP contribution in [0.4, 0.5) is 0 Å². The molecule has 0 spiro atoms. The highest BCUT2D eigenvalue weighted by Crippen LogP contribution is 2.51. The maximum Gasteiger partial charge on any atom is 0.339 e. The maximum absolute atomic E-state index is 14.4. The van der Waals surface area contributed by atoms with Crippen molar-refractivity contribution in [3.8, 4) is 34.1 Å². The topological polar surface area (TPSA) is 126 Å². The Kier molecular flexibility index (Phi) is 10.2. The van der Waals surface area contributed by atoms with Crippen LogP contribution in [0.1, 0.15) is 120 Å². The molecule has 0 radical (unpaired) electrons. The molecule has 0 bridgehead atoms. The number of methoxy groups -OCH3 is 3. The van der Waals surface area contributed by atoms with Crippen LogP contribution < -0.4 is 23.8 Å². The van der Waals surface area contributed by atoms with Crippen LogP contribution in [-0.4, -0.2) is 46.5 Å². The zero-order valence-electron chi connectivity index (χ0n) is 31.5. The van der Waals surface area contributed by atoms with Gasteiger partial charge in [0.25, 0.3) is 11.8 Å². The van der Waals surface area contributed by atoms with Crippen LogP contribution in [-0.2, 0) is 16.5 Å². The number of amides is 2. The summed E-state index contributed by atoms with van der Waals surface area (Å²) in [5.74, 6) is -0.539. The van der Waals surface area contributed by atoms with E-state index in [9.17, 15) is 22.8 Å². The van der Waals surface area contributed by atoms with Gasteiger partial charge in [-0.15, -0.1) is 0 Å². The Hall–Kier alpha value is -5.16. The summed E-state index contributed by atoms with van der Waals surface area (Å²) in [4.78, 5) is 43.3. The molecule has 0 saturated carbocycles. The number of rotatable bonds is 10. The molecule has 53 heavy (non-hydrogen) atoms. The summed E-state index contributed by atoms with van der Waals surface area (Å²) >= 11 is 0. The molecule has 1 aliphatic heterocycles. The Morgan fingerprint density at radius 2 is 1.26 bits per heavy atom.